The van der Waals surface area contributed by atoms with Crippen molar-refractivity contribution in [1.29, 1.82) is 0 Å². The number of nitrogens with one attached hydrogen (secondary N) is 1. The number of amides is 1. The number of hydrogen-bond donors (Lipinski definition) is 2. The quantitative estimate of drug-likeness (QED) is 0.881. The maximum atomic E-state index is 13.4. The van der Waals surface area contributed by atoms with Gasteiger partial charge in [-0.2, -0.15) is 0 Å². The van der Waals surface area contributed by atoms with Crippen molar-refractivity contribution in [2.75, 3.05) is 18.5 Å². The first-order valence-corrected chi connectivity index (χ1v) is 7.02. The van der Waals surface area contributed by atoms with E-state index < -0.39 is 0 Å². The zero-order valence-corrected chi connectivity index (χ0v) is 12.0. The van der Waals surface area contributed by atoms with E-state index in [1.807, 2.05) is 7.05 Å². The van der Waals surface area contributed by atoms with Crippen LogP contribution in [0.1, 0.15) is 25.3 Å². The lowest BCUT2D eigenvalue weighted by Gasteiger charge is -2.39. The number of carbonyl (C=O) groups is 1. The summed E-state index contributed by atoms with van der Waals surface area (Å²) < 4.78 is 13.4. The van der Waals surface area contributed by atoms with Gasteiger partial charge in [0.2, 0.25) is 5.91 Å². The molecule has 2 rings (SSSR count). The Morgan fingerprint density at radius 1 is 1.50 bits per heavy atom. The van der Waals surface area contributed by atoms with Crippen LogP contribution < -0.4 is 16.0 Å². The lowest BCUT2D eigenvalue weighted by Crippen LogP contribution is -2.46. The molecule has 0 aliphatic carbocycles. The summed E-state index contributed by atoms with van der Waals surface area (Å²) in [5, 5.41) is 3.05. The van der Waals surface area contributed by atoms with Gasteiger partial charge in [0.05, 0.1) is 5.92 Å². The number of hydrogen-bond acceptors (Lipinski definition) is 3. The van der Waals surface area contributed by atoms with E-state index in [1.54, 1.807) is 12.1 Å². The first-order chi connectivity index (χ1) is 9.52. The second-order valence-corrected chi connectivity index (χ2v) is 5.48. The summed E-state index contributed by atoms with van der Waals surface area (Å²) in [5.74, 6) is -0.618. The van der Waals surface area contributed by atoms with Crippen LogP contribution in [0, 0.1) is 11.7 Å². The zero-order chi connectivity index (χ0) is 14.7. The van der Waals surface area contributed by atoms with Crippen molar-refractivity contribution in [1.82, 2.24) is 5.32 Å². The average molecular weight is 279 g/mol. The fraction of sp³-hybridized carbons (Fsp3) is 0.533. The second kappa shape index (κ2) is 6.22. The number of halogens is 1. The fourth-order valence-electron chi connectivity index (χ4n) is 2.84. The SMILES string of the molecule is CNCc1cc(F)ccc1N1CC(C(N)=O)CCC1C. The van der Waals surface area contributed by atoms with Crippen molar-refractivity contribution < 1.29 is 9.18 Å². The number of nitrogens with zero attached hydrogens (tertiary/aromatic N) is 1. The fourth-order valence-corrected chi connectivity index (χ4v) is 2.84. The summed E-state index contributed by atoms with van der Waals surface area (Å²) in [6.45, 7) is 3.33. The maximum absolute atomic E-state index is 13.4. The molecule has 1 aliphatic heterocycles. The number of carbonyl (C=O) groups excluding carboxylic acids is 1. The van der Waals surface area contributed by atoms with Crippen LogP contribution >= 0.6 is 0 Å². The van der Waals surface area contributed by atoms with Gasteiger partial charge in [0.25, 0.3) is 0 Å². The molecule has 1 fully saturated rings. The number of benzene rings is 1. The molecule has 1 heterocycles. The van der Waals surface area contributed by atoms with Crippen molar-refractivity contribution in [2.45, 2.75) is 32.4 Å². The summed E-state index contributed by atoms with van der Waals surface area (Å²) in [6.07, 6.45) is 1.75. The highest BCUT2D eigenvalue weighted by Crippen LogP contribution is 2.30. The standard InChI is InChI=1S/C15H22FN3O/c1-10-3-4-11(15(17)20)9-19(10)14-6-5-13(16)7-12(14)8-18-2/h5-7,10-11,18H,3-4,8-9H2,1-2H3,(H2,17,20). The van der Waals surface area contributed by atoms with Crippen molar-refractivity contribution in [2.24, 2.45) is 11.7 Å². The largest absolute Gasteiger partial charge is 0.369 e. The summed E-state index contributed by atoms with van der Waals surface area (Å²) >= 11 is 0. The van der Waals surface area contributed by atoms with Gasteiger partial charge >= 0.3 is 0 Å². The van der Waals surface area contributed by atoms with Crippen LogP contribution in [0.3, 0.4) is 0 Å². The minimum absolute atomic E-state index is 0.126. The second-order valence-electron chi connectivity index (χ2n) is 5.48. The van der Waals surface area contributed by atoms with Crippen molar-refractivity contribution in [3.63, 3.8) is 0 Å². The minimum Gasteiger partial charge on any atom is -0.369 e. The van der Waals surface area contributed by atoms with E-state index in [0.29, 0.717) is 19.1 Å². The summed E-state index contributed by atoms with van der Waals surface area (Å²) in [6, 6.07) is 5.13. The predicted octanol–water partition coefficient (Wildman–Crippen LogP) is 1.64. The Hall–Kier alpha value is -1.62. The molecule has 110 valence electrons. The average Bonchev–Trinajstić information content (AvgIpc) is 2.40. The molecule has 1 aliphatic rings. The molecule has 1 amide bonds. The molecule has 20 heavy (non-hydrogen) atoms. The Labute approximate surface area is 119 Å². The van der Waals surface area contributed by atoms with Gasteiger partial charge in [-0.05, 0) is 50.6 Å². The van der Waals surface area contributed by atoms with Crippen LogP contribution in [0.15, 0.2) is 18.2 Å². The maximum Gasteiger partial charge on any atom is 0.222 e. The summed E-state index contributed by atoms with van der Waals surface area (Å²) in [4.78, 5) is 13.6. The highest BCUT2D eigenvalue weighted by Gasteiger charge is 2.29. The van der Waals surface area contributed by atoms with E-state index in [2.05, 4.69) is 17.1 Å². The van der Waals surface area contributed by atoms with E-state index in [0.717, 1.165) is 24.1 Å². The summed E-state index contributed by atoms with van der Waals surface area (Å²) in [5.41, 5.74) is 7.33. The lowest BCUT2D eigenvalue weighted by atomic mass is 9.92. The molecule has 1 aromatic carbocycles. The molecule has 0 radical (unpaired) electrons. The van der Waals surface area contributed by atoms with Crippen molar-refractivity contribution >= 4 is 11.6 Å². The number of primary amides is 1. The minimum atomic E-state index is -0.251. The van der Waals surface area contributed by atoms with Crippen LogP contribution in [-0.2, 0) is 11.3 Å². The number of rotatable bonds is 4. The van der Waals surface area contributed by atoms with E-state index in [1.165, 1.54) is 6.07 Å². The Morgan fingerprint density at radius 3 is 2.90 bits per heavy atom. The van der Waals surface area contributed by atoms with Crippen LogP contribution in [0.2, 0.25) is 0 Å². The third-order valence-electron chi connectivity index (χ3n) is 4.00. The first kappa shape index (κ1) is 14.8. The van der Waals surface area contributed by atoms with Gasteiger partial charge in [0.1, 0.15) is 5.82 Å². The highest BCUT2D eigenvalue weighted by atomic mass is 19.1. The predicted molar refractivity (Wildman–Crippen MR) is 77.9 cm³/mol. The van der Waals surface area contributed by atoms with Gasteiger partial charge in [-0.15, -0.1) is 0 Å². The van der Waals surface area contributed by atoms with Gasteiger partial charge in [-0.3, -0.25) is 4.79 Å². The molecule has 3 N–H and O–H groups in total. The van der Waals surface area contributed by atoms with Crippen LogP contribution in [-0.4, -0.2) is 25.5 Å². The Kier molecular flexibility index (Phi) is 4.60. The Balaban J connectivity index is 2.30. The molecule has 2 unspecified atom stereocenters. The Bertz CT molecular complexity index is 492. The number of anilines is 1. The molecule has 4 nitrogen and oxygen atoms in total. The van der Waals surface area contributed by atoms with E-state index in [-0.39, 0.29) is 17.6 Å². The van der Waals surface area contributed by atoms with Gasteiger partial charge in [0, 0.05) is 24.8 Å². The zero-order valence-electron chi connectivity index (χ0n) is 12.0. The topological polar surface area (TPSA) is 58.4 Å². The third-order valence-corrected chi connectivity index (χ3v) is 4.00. The third kappa shape index (κ3) is 3.10. The number of nitrogens with two attached hydrogens (primary N) is 1. The molecular formula is C15H22FN3O. The molecular weight excluding hydrogens is 257 g/mol. The van der Waals surface area contributed by atoms with Gasteiger partial charge in [-0.1, -0.05) is 0 Å². The van der Waals surface area contributed by atoms with Crippen LogP contribution in [0.5, 0.6) is 0 Å². The van der Waals surface area contributed by atoms with Gasteiger partial charge < -0.3 is 16.0 Å². The monoisotopic (exact) mass is 279 g/mol. The summed E-state index contributed by atoms with van der Waals surface area (Å²) in [7, 11) is 1.83. The smallest absolute Gasteiger partial charge is 0.222 e. The molecule has 0 saturated carbocycles. The molecule has 2 atom stereocenters. The normalized spacial score (nSPS) is 22.9. The molecule has 5 heteroatoms. The van der Waals surface area contributed by atoms with Crippen LogP contribution in [0.25, 0.3) is 0 Å². The van der Waals surface area contributed by atoms with Crippen molar-refractivity contribution in [3.05, 3.63) is 29.6 Å². The van der Waals surface area contributed by atoms with E-state index >= 15 is 0 Å². The molecule has 0 spiro atoms. The lowest BCUT2D eigenvalue weighted by molar-refractivity contribution is -0.122. The number of piperidine rings is 1. The molecule has 1 saturated heterocycles. The van der Waals surface area contributed by atoms with Crippen molar-refractivity contribution in [3.8, 4) is 0 Å². The van der Waals surface area contributed by atoms with Gasteiger partial charge in [0.15, 0.2) is 0 Å². The van der Waals surface area contributed by atoms with Gasteiger partial charge in [-0.25, -0.2) is 4.39 Å². The highest BCUT2D eigenvalue weighted by molar-refractivity contribution is 5.77. The molecule has 0 aromatic heterocycles. The van der Waals surface area contributed by atoms with Crippen LogP contribution in [0.4, 0.5) is 10.1 Å². The first-order valence-electron chi connectivity index (χ1n) is 7.02. The Morgan fingerprint density at radius 2 is 2.25 bits per heavy atom. The van der Waals surface area contributed by atoms with E-state index in [4.69, 9.17) is 5.73 Å². The molecule has 1 aromatic rings. The van der Waals surface area contributed by atoms with E-state index in [9.17, 15) is 9.18 Å². The molecule has 0 bridgehead atoms.